The van der Waals surface area contributed by atoms with Crippen LogP contribution in [-0.4, -0.2) is 4.98 Å². The standard InChI is InChI=1S/C15H10F2N2O/c16-10-7-11(17)14(18)13(8-10)20-12-5-1-3-9-4-2-6-19-15(9)12/h1-8H,18H2. The van der Waals surface area contributed by atoms with Crippen LogP contribution in [-0.2, 0) is 0 Å². The number of hydrogen-bond donors (Lipinski definition) is 1. The van der Waals surface area contributed by atoms with Crippen molar-refractivity contribution in [1.29, 1.82) is 0 Å². The number of aromatic nitrogens is 1. The maximum Gasteiger partial charge on any atom is 0.156 e. The molecule has 0 saturated carbocycles. The van der Waals surface area contributed by atoms with Crippen LogP contribution in [0.2, 0.25) is 0 Å². The number of hydrogen-bond acceptors (Lipinski definition) is 3. The van der Waals surface area contributed by atoms with E-state index in [1.165, 1.54) is 0 Å². The molecule has 100 valence electrons. The molecular formula is C15H10F2N2O. The predicted molar refractivity (Wildman–Crippen MR) is 72.6 cm³/mol. The zero-order valence-corrected chi connectivity index (χ0v) is 10.3. The number of para-hydroxylation sites is 1. The first kappa shape index (κ1) is 12.3. The van der Waals surface area contributed by atoms with Crippen LogP contribution >= 0.6 is 0 Å². The lowest BCUT2D eigenvalue weighted by molar-refractivity contribution is 0.476. The van der Waals surface area contributed by atoms with Crippen LogP contribution in [0.25, 0.3) is 10.9 Å². The monoisotopic (exact) mass is 272 g/mol. The zero-order valence-electron chi connectivity index (χ0n) is 10.3. The fourth-order valence-electron chi connectivity index (χ4n) is 1.92. The molecule has 3 rings (SSSR count). The number of anilines is 1. The van der Waals surface area contributed by atoms with Gasteiger partial charge < -0.3 is 10.5 Å². The van der Waals surface area contributed by atoms with Crippen molar-refractivity contribution in [2.24, 2.45) is 0 Å². The molecule has 0 aliphatic heterocycles. The maximum absolute atomic E-state index is 13.4. The SMILES string of the molecule is Nc1c(F)cc(F)cc1Oc1cccc2cccnc12. The number of benzene rings is 2. The second-order valence-electron chi connectivity index (χ2n) is 4.23. The molecule has 2 aromatic carbocycles. The predicted octanol–water partition coefficient (Wildman–Crippen LogP) is 3.89. The van der Waals surface area contributed by atoms with Crippen molar-refractivity contribution in [2.75, 3.05) is 5.73 Å². The number of nitrogen functional groups attached to an aromatic ring is 1. The summed E-state index contributed by atoms with van der Waals surface area (Å²) < 4.78 is 32.1. The van der Waals surface area contributed by atoms with Crippen LogP contribution < -0.4 is 10.5 Å². The second kappa shape index (κ2) is 4.77. The molecule has 0 radical (unpaired) electrons. The quantitative estimate of drug-likeness (QED) is 0.720. The van der Waals surface area contributed by atoms with Gasteiger partial charge in [-0.15, -0.1) is 0 Å². The van der Waals surface area contributed by atoms with Gasteiger partial charge in [0.2, 0.25) is 0 Å². The Morgan fingerprint density at radius 2 is 1.80 bits per heavy atom. The van der Waals surface area contributed by atoms with E-state index in [9.17, 15) is 8.78 Å². The molecule has 0 aliphatic rings. The minimum absolute atomic E-state index is 0.0688. The van der Waals surface area contributed by atoms with Gasteiger partial charge in [0, 0.05) is 23.7 Å². The van der Waals surface area contributed by atoms with Gasteiger partial charge in [0.15, 0.2) is 17.3 Å². The van der Waals surface area contributed by atoms with E-state index < -0.39 is 11.6 Å². The highest BCUT2D eigenvalue weighted by molar-refractivity contribution is 5.84. The first-order valence-corrected chi connectivity index (χ1v) is 5.91. The third-order valence-corrected chi connectivity index (χ3v) is 2.87. The van der Waals surface area contributed by atoms with Crippen molar-refractivity contribution in [3.05, 3.63) is 60.3 Å². The van der Waals surface area contributed by atoms with E-state index in [1.54, 1.807) is 24.4 Å². The van der Waals surface area contributed by atoms with E-state index in [4.69, 9.17) is 10.5 Å². The molecule has 0 amide bonds. The molecule has 0 saturated heterocycles. The number of ether oxygens (including phenoxy) is 1. The molecule has 5 heteroatoms. The summed E-state index contributed by atoms with van der Waals surface area (Å²) in [7, 11) is 0. The van der Waals surface area contributed by atoms with Crippen molar-refractivity contribution in [3.63, 3.8) is 0 Å². The fourth-order valence-corrected chi connectivity index (χ4v) is 1.92. The van der Waals surface area contributed by atoms with Gasteiger partial charge in [-0.2, -0.15) is 0 Å². The summed E-state index contributed by atoms with van der Waals surface area (Å²) in [6.07, 6.45) is 1.62. The topological polar surface area (TPSA) is 48.1 Å². The first-order valence-electron chi connectivity index (χ1n) is 5.91. The van der Waals surface area contributed by atoms with Gasteiger partial charge in [-0.25, -0.2) is 8.78 Å². The van der Waals surface area contributed by atoms with Gasteiger partial charge in [-0.05, 0) is 12.1 Å². The third-order valence-electron chi connectivity index (χ3n) is 2.87. The molecule has 3 aromatic rings. The van der Waals surface area contributed by atoms with Gasteiger partial charge in [-0.1, -0.05) is 18.2 Å². The molecule has 0 bridgehead atoms. The van der Waals surface area contributed by atoms with Crippen molar-refractivity contribution >= 4 is 16.6 Å². The fraction of sp³-hybridized carbons (Fsp3) is 0. The number of halogens is 2. The Morgan fingerprint density at radius 3 is 2.65 bits per heavy atom. The molecule has 1 heterocycles. The van der Waals surface area contributed by atoms with Gasteiger partial charge in [-0.3, -0.25) is 4.98 Å². The summed E-state index contributed by atoms with van der Waals surface area (Å²) in [6.45, 7) is 0. The number of rotatable bonds is 2. The zero-order chi connectivity index (χ0) is 14.1. The van der Waals surface area contributed by atoms with E-state index in [0.29, 0.717) is 17.3 Å². The Bertz CT molecular complexity index is 785. The van der Waals surface area contributed by atoms with Gasteiger partial charge in [0.1, 0.15) is 17.0 Å². The van der Waals surface area contributed by atoms with E-state index >= 15 is 0 Å². The largest absolute Gasteiger partial charge is 0.453 e. The normalized spacial score (nSPS) is 10.7. The van der Waals surface area contributed by atoms with Crippen molar-refractivity contribution in [2.45, 2.75) is 0 Å². The van der Waals surface area contributed by atoms with Crippen LogP contribution in [0.4, 0.5) is 14.5 Å². The molecule has 3 nitrogen and oxygen atoms in total. The highest BCUT2D eigenvalue weighted by atomic mass is 19.1. The molecule has 0 atom stereocenters. The van der Waals surface area contributed by atoms with Crippen LogP contribution in [0, 0.1) is 11.6 Å². The van der Waals surface area contributed by atoms with Crippen molar-refractivity contribution < 1.29 is 13.5 Å². The van der Waals surface area contributed by atoms with Crippen LogP contribution in [0.15, 0.2) is 48.7 Å². The number of pyridine rings is 1. The minimum Gasteiger partial charge on any atom is -0.453 e. The van der Waals surface area contributed by atoms with Gasteiger partial charge in [0.25, 0.3) is 0 Å². The van der Waals surface area contributed by atoms with Gasteiger partial charge >= 0.3 is 0 Å². The second-order valence-corrected chi connectivity index (χ2v) is 4.23. The maximum atomic E-state index is 13.4. The first-order chi connectivity index (χ1) is 9.65. The number of nitrogens with two attached hydrogens (primary N) is 1. The summed E-state index contributed by atoms with van der Waals surface area (Å²) in [5, 5.41) is 0.862. The lowest BCUT2D eigenvalue weighted by atomic mass is 10.2. The van der Waals surface area contributed by atoms with E-state index in [0.717, 1.165) is 11.5 Å². The number of nitrogens with zero attached hydrogens (tertiary/aromatic N) is 1. The summed E-state index contributed by atoms with van der Waals surface area (Å²) in [4.78, 5) is 4.20. The molecule has 2 N–H and O–H groups in total. The third kappa shape index (κ3) is 2.14. The summed E-state index contributed by atoms with van der Waals surface area (Å²) in [6, 6.07) is 10.7. The summed E-state index contributed by atoms with van der Waals surface area (Å²) in [5.41, 5.74) is 5.92. The van der Waals surface area contributed by atoms with Crippen LogP contribution in [0.1, 0.15) is 0 Å². The lowest BCUT2D eigenvalue weighted by Crippen LogP contribution is -1.97. The Labute approximate surface area is 113 Å². The molecular weight excluding hydrogens is 262 g/mol. The van der Waals surface area contributed by atoms with E-state index in [1.807, 2.05) is 12.1 Å². The highest BCUT2D eigenvalue weighted by Gasteiger charge is 2.12. The summed E-state index contributed by atoms with van der Waals surface area (Å²) in [5.74, 6) is -1.28. The average molecular weight is 272 g/mol. The smallest absolute Gasteiger partial charge is 0.156 e. The van der Waals surface area contributed by atoms with Crippen molar-refractivity contribution in [1.82, 2.24) is 4.98 Å². The molecule has 0 aliphatic carbocycles. The minimum atomic E-state index is -0.854. The Morgan fingerprint density at radius 1 is 1.00 bits per heavy atom. The van der Waals surface area contributed by atoms with E-state index in [-0.39, 0.29) is 11.4 Å². The molecule has 20 heavy (non-hydrogen) atoms. The molecule has 0 unspecified atom stereocenters. The van der Waals surface area contributed by atoms with Gasteiger partial charge in [0.05, 0.1) is 0 Å². The Kier molecular flexibility index (Phi) is 2.95. The van der Waals surface area contributed by atoms with Crippen molar-refractivity contribution in [3.8, 4) is 11.5 Å². The highest BCUT2D eigenvalue weighted by Crippen LogP contribution is 2.33. The summed E-state index contributed by atoms with van der Waals surface area (Å²) >= 11 is 0. The number of fused-ring (bicyclic) bond motifs is 1. The van der Waals surface area contributed by atoms with E-state index in [2.05, 4.69) is 4.98 Å². The van der Waals surface area contributed by atoms with Crippen LogP contribution in [0.5, 0.6) is 11.5 Å². The van der Waals surface area contributed by atoms with Crippen LogP contribution in [0.3, 0.4) is 0 Å². The molecule has 0 spiro atoms. The molecule has 1 aromatic heterocycles. The molecule has 0 fully saturated rings. The lowest BCUT2D eigenvalue weighted by Gasteiger charge is -2.10. The Hall–Kier alpha value is -2.69. The average Bonchev–Trinajstić information content (AvgIpc) is 2.44. The Balaban J connectivity index is 2.10.